The fourth-order valence-electron chi connectivity index (χ4n) is 2.94. The number of nitrogens with one attached hydrogen (secondary N) is 2. The molecule has 2 N–H and O–H groups in total. The van der Waals surface area contributed by atoms with Crippen molar-refractivity contribution in [2.24, 2.45) is 0 Å². The van der Waals surface area contributed by atoms with Crippen molar-refractivity contribution in [2.75, 3.05) is 5.32 Å². The lowest BCUT2D eigenvalue weighted by Gasteiger charge is -2.21. The number of amides is 1. The molecule has 0 bridgehead atoms. The second-order valence-electron chi connectivity index (χ2n) is 7.91. The molecule has 0 fully saturated rings. The molecule has 0 aliphatic carbocycles. The first-order valence-electron chi connectivity index (χ1n) is 9.49. The van der Waals surface area contributed by atoms with Crippen LogP contribution in [0.4, 0.5) is 10.5 Å². The number of carbonyl (C=O) groups excluding carboxylic acids is 2. The SMILES string of the molecule is C[C@@H](Cc1oc2c(NCc3ccco3)cc(Cl)nc2c1C=O)NC(=O)OC(C)(C)C. The Kier molecular flexibility index (Phi) is 6.36. The third-order valence-corrected chi connectivity index (χ3v) is 4.32. The summed E-state index contributed by atoms with van der Waals surface area (Å²) in [5, 5.41) is 6.15. The largest absolute Gasteiger partial charge is 0.467 e. The number of halogens is 1. The van der Waals surface area contributed by atoms with Gasteiger partial charge in [-0.2, -0.15) is 0 Å². The molecule has 0 saturated carbocycles. The highest BCUT2D eigenvalue weighted by atomic mass is 35.5. The normalized spacial score (nSPS) is 12.6. The van der Waals surface area contributed by atoms with Gasteiger partial charge in [-0.25, -0.2) is 9.78 Å². The third-order valence-electron chi connectivity index (χ3n) is 4.13. The van der Waals surface area contributed by atoms with Crippen LogP contribution in [-0.2, 0) is 17.7 Å². The fourth-order valence-corrected chi connectivity index (χ4v) is 3.13. The van der Waals surface area contributed by atoms with E-state index in [0.717, 1.165) is 5.76 Å². The van der Waals surface area contributed by atoms with E-state index in [9.17, 15) is 9.59 Å². The molecule has 9 heteroatoms. The zero-order valence-corrected chi connectivity index (χ0v) is 18.0. The molecular weight excluding hydrogens is 410 g/mol. The summed E-state index contributed by atoms with van der Waals surface area (Å²) in [4.78, 5) is 28.0. The zero-order valence-electron chi connectivity index (χ0n) is 17.2. The summed E-state index contributed by atoms with van der Waals surface area (Å²) in [6.07, 6.45) is 2.00. The number of anilines is 1. The van der Waals surface area contributed by atoms with E-state index in [1.807, 2.05) is 6.07 Å². The van der Waals surface area contributed by atoms with Crippen LogP contribution in [0.25, 0.3) is 11.1 Å². The van der Waals surface area contributed by atoms with Gasteiger partial charge in [0.15, 0.2) is 11.9 Å². The van der Waals surface area contributed by atoms with Gasteiger partial charge in [0.2, 0.25) is 0 Å². The Morgan fingerprint density at radius 3 is 2.80 bits per heavy atom. The zero-order chi connectivity index (χ0) is 21.9. The van der Waals surface area contributed by atoms with Crippen LogP contribution in [-0.4, -0.2) is 29.0 Å². The number of rotatable bonds is 7. The van der Waals surface area contributed by atoms with Crippen molar-refractivity contribution in [1.82, 2.24) is 10.3 Å². The molecule has 0 spiro atoms. The van der Waals surface area contributed by atoms with E-state index in [-0.39, 0.29) is 17.6 Å². The smallest absolute Gasteiger partial charge is 0.407 e. The number of aromatic nitrogens is 1. The van der Waals surface area contributed by atoms with E-state index in [4.69, 9.17) is 25.2 Å². The molecular formula is C21H24ClN3O5. The number of furan rings is 2. The molecule has 0 radical (unpaired) electrons. The molecule has 8 nitrogen and oxygen atoms in total. The summed E-state index contributed by atoms with van der Waals surface area (Å²) in [6.45, 7) is 7.56. The van der Waals surface area contributed by atoms with Gasteiger partial charge in [0.05, 0.1) is 24.1 Å². The summed E-state index contributed by atoms with van der Waals surface area (Å²) >= 11 is 6.15. The Hall–Kier alpha value is -3.00. The molecule has 0 aliphatic heterocycles. The highest BCUT2D eigenvalue weighted by Crippen LogP contribution is 2.32. The quantitative estimate of drug-likeness (QED) is 0.400. The number of nitrogens with zero attached hydrogens (tertiary/aromatic N) is 1. The molecule has 0 aromatic carbocycles. The second-order valence-corrected chi connectivity index (χ2v) is 8.30. The van der Waals surface area contributed by atoms with E-state index < -0.39 is 11.7 Å². The number of hydrogen-bond acceptors (Lipinski definition) is 7. The van der Waals surface area contributed by atoms with Crippen molar-refractivity contribution < 1.29 is 23.2 Å². The molecule has 3 rings (SSSR count). The van der Waals surface area contributed by atoms with Crippen molar-refractivity contribution in [3.05, 3.63) is 46.7 Å². The lowest BCUT2D eigenvalue weighted by Crippen LogP contribution is -2.38. The average Bonchev–Trinajstić information content (AvgIpc) is 3.25. The van der Waals surface area contributed by atoms with Crippen molar-refractivity contribution in [3.8, 4) is 0 Å². The van der Waals surface area contributed by atoms with Gasteiger partial charge < -0.3 is 24.2 Å². The number of pyridine rings is 1. The highest BCUT2D eigenvalue weighted by molar-refractivity contribution is 6.30. The Morgan fingerprint density at radius 2 is 2.17 bits per heavy atom. The van der Waals surface area contributed by atoms with E-state index in [0.29, 0.717) is 40.9 Å². The lowest BCUT2D eigenvalue weighted by atomic mass is 10.1. The number of fused-ring (bicyclic) bond motifs is 1. The van der Waals surface area contributed by atoms with Gasteiger partial charge in [-0.05, 0) is 39.8 Å². The van der Waals surface area contributed by atoms with Crippen LogP contribution >= 0.6 is 11.6 Å². The molecule has 0 saturated heterocycles. The topological polar surface area (TPSA) is 107 Å². The minimum atomic E-state index is -0.605. The molecule has 0 aliphatic rings. The molecule has 3 aromatic heterocycles. The molecule has 3 aromatic rings. The van der Waals surface area contributed by atoms with Gasteiger partial charge in [0.1, 0.15) is 27.8 Å². The van der Waals surface area contributed by atoms with Gasteiger partial charge >= 0.3 is 6.09 Å². The van der Waals surface area contributed by atoms with Crippen LogP contribution in [0.2, 0.25) is 5.15 Å². The molecule has 3 heterocycles. The number of aldehydes is 1. The van der Waals surface area contributed by atoms with Crippen LogP contribution in [0.3, 0.4) is 0 Å². The maximum Gasteiger partial charge on any atom is 0.407 e. The molecule has 160 valence electrons. The summed E-state index contributed by atoms with van der Waals surface area (Å²) in [5.74, 6) is 1.13. The minimum Gasteiger partial charge on any atom is -0.467 e. The van der Waals surface area contributed by atoms with Crippen LogP contribution in [0.5, 0.6) is 0 Å². The van der Waals surface area contributed by atoms with E-state index in [2.05, 4.69) is 15.6 Å². The van der Waals surface area contributed by atoms with Gasteiger partial charge in [-0.1, -0.05) is 11.6 Å². The van der Waals surface area contributed by atoms with Crippen molar-refractivity contribution in [2.45, 2.75) is 52.3 Å². The van der Waals surface area contributed by atoms with Gasteiger partial charge in [-0.15, -0.1) is 0 Å². The first kappa shape index (κ1) is 21.7. The Balaban J connectivity index is 1.83. The molecule has 1 amide bonds. The number of ether oxygens (including phenoxy) is 1. The first-order chi connectivity index (χ1) is 14.2. The fraction of sp³-hybridized carbons (Fsp3) is 0.381. The molecule has 30 heavy (non-hydrogen) atoms. The Morgan fingerprint density at radius 1 is 1.40 bits per heavy atom. The molecule has 0 unspecified atom stereocenters. The number of hydrogen-bond donors (Lipinski definition) is 2. The van der Waals surface area contributed by atoms with E-state index in [1.165, 1.54) is 0 Å². The van der Waals surface area contributed by atoms with Gasteiger partial charge in [0, 0.05) is 18.5 Å². The summed E-state index contributed by atoms with van der Waals surface area (Å²) in [5.41, 5.74) is 1.05. The summed E-state index contributed by atoms with van der Waals surface area (Å²) in [7, 11) is 0. The monoisotopic (exact) mass is 433 g/mol. The van der Waals surface area contributed by atoms with Crippen LogP contribution in [0.15, 0.2) is 33.3 Å². The third kappa shape index (κ3) is 5.33. The highest BCUT2D eigenvalue weighted by Gasteiger charge is 2.23. The maximum absolute atomic E-state index is 12.0. The standard InChI is InChI=1S/C21H24ClN3O5/c1-12(24-20(27)30-21(2,3)4)8-16-14(11-26)18-19(29-16)15(9-17(22)25-18)23-10-13-6-5-7-28-13/h5-7,9,11-12H,8,10H2,1-4H3,(H,23,25)(H,24,27)/t12-/m0/s1. The van der Waals surface area contributed by atoms with Crippen LogP contribution < -0.4 is 10.6 Å². The van der Waals surface area contributed by atoms with Gasteiger partial charge in [-0.3, -0.25) is 4.79 Å². The van der Waals surface area contributed by atoms with Crippen LogP contribution in [0, 0.1) is 0 Å². The average molecular weight is 434 g/mol. The lowest BCUT2D eigenvalue weighted by molar-refractivity contribution is 0.0507. The maximum atomic E-state index is 12.0. The summed E-state index contributed by atoms with van der Waals surface area (Å²) in [6, 6.07) is 4.91. The Labute approximate surface area is 178 Å². The van der Waals surface area contributed by atoms with Gasteiger partial charge in [0.25, 0.3) is 0 Å². The first-order valence-corrected chi connectivity index (χ1v) is 9.87. The van der Waals surface area contributed by atoms with Crippen molar-refractivity contribution in [1.29, 1.82) is 0 Å². The second kappa shape index (κ2) is 8.79. The summed E-state index contributed by atoms with van der Waals surface area (Å²) < 4.78 is 16.5. The Bertz CT molecular complexity index is 1040. The predicted octanol–water partition coefficient (Wildman–Crippen LogP) is 4.95. The van der Waals surface area contributed by atoms with Crippen molar-refractivity contribution >= 4 is 40.8 Å². The minimum absolute atomic E-state index is 0.222. The van der Waals surface area contributed by atoms with Crippen molar-refractivity contribution in [3.63, 3.8) is 0 Å². The number of alkyl carbamates (subject to hydrolysis) is 1. The van der Waals surface area contributed by atoms with Crippen LogP contribution in [0.1, 0.15) is 49.6 Å². The molecule has 1 atom stereocenters. The van der Waals surface area contributed by atoms with E-state index in [1.54, 1.807) is 46.1 Å². The van der Waals surface area contributed by atoms with E-state index >= 15 is 0 Å². The predicted molar refractivity (Wildman–Crippen MR) is 113 cm³/mol. The number of carbonyl (C=O) groups is 2.